The Morgan fingerprint density at radius 2 is 1.81 bits per heavy atom. The molecule has 0 bridgehead atoms. The van der Waals surface area contributed by atoms with Crippen molar-refractivity contribution >= 4 is 22.7 Å². The molecule has 1 heterocycles. The lowest BCUT2D eigenvalue weighted by Crippen LogP contribution is -1.98. The summed E-state index contributed by atoms with van der Waals surface area (Å²) in [5.41, 5.74) is 6.08. The third-order valence-electron chi connectivity index (χ3n) is 5.28. The van der Waals surface area contributed by atoms with Gasteiger partial charge in [0.1, 0.15) is 24.3 Å². The fourth-order valence-corrected chi connectivity index (χ4v) is 3.35. The van der Waals surface area contributed by atoms with Crippen LogP contribution in [0.5, 0.6) is 11.5 Å². The third-order valence-corrected chi connectivity index (χ3v) is 5.28. The molecule has 0 radical (unpaired) electrons. The molecule has 0 saturated heterocycles. The number of fused-ring (bicyclic) bond motifs is 1. The van der Waals surface area contributed by atoms with Crippen LogP contribution in [-0.2, 0) is 6.61 Å². The van der Waals surface area contributed by atoms with Gasteiger partial charge in [0.2, 0.25) is 0 Å². The number of benzene rings is 3. The van der Waals surface area contributed by atoms with Crippen LogP contribution in [-0.4, -0.2) is 17.1 Å². The Kier molecular flexibility index (Phi) is 5.91. The molecule has 0 aliphatic carbocycles. The Bertz CT molecular complexity index is 1310. The van der Waals surface area contributed by atoms with Gasteiger partial charge in [-0.05, 0) is 78.6 Å². The zero-order valence-electron chi connectivity index (χ0n) is 18.1. The van der Waals surface area contributed by atoms with E-state index in [2.05, 4.69) is 16.0 Å². The summed E-state index contributed by atoms with van der Waals surface area (Å²) in [6.07, 6.45) is 1.75. The quantitative estimate of drug-likeness (QED) is 0.385. The molecule has 4 aromatic rings. The number of H-pyrrole nitrogens is 1. The van der Waals surface area contributed by atoms with E-state index >= 15 is 0 Å². The average molecular weight is 427 g/mol. The highest BCUT2D eigenvalue weighted by atomic mass is 19.1. The predicted octanol–water partition coefficient (Wildman–Crippen LogP) is 5.97. The van der Waals surface area contributed by atoms with E-state index in [0.717, 1.165) is 33.3 Å². The Labute approximate surface area is 185 Å². The number of nitriles is 1. The molecule has 160 valence electrons. The number of imidazole rings is 1. The van der Waals surface area contributed by atoms with Crippen molar-refractivity contribution < 1.29 is 13.9 Å². The number of nitrogens with one attached hydrogen (secondary N) is 1. The number of aryl methyl sites for hydroxylation is 2. The topological polar surface area (TPSA) is 70.9 Å². The molecule has 3 aromatic carbocycles. The van der Waals surface area contributed by atoms with Crippen LogP contribution in [0, 0.1) is 31.0 Å². The van der Waals surface area contributed by atoms with Gasteiger partial charge in [-0.15, -0.1) is 0 Å². The highest BCUT2D eigenvalue weighted by Gasteiger charge is 2.11. The van der Waals surface area contributed by atoms with E-state index in [1.54, 1.807) is 37.5 Å². The number of allylic oxidation sites excluding steroid dienone is 1. The molecule has 0 atom stereocenters. The lowest BCUT2D eigenvalue weighted by atomic mass is 10.1. The van der Waals surface area contributed by atoms with Crippen molar-refractivity contribution in [3.8, 4) is 17.6 Å². The van der Waals surface area contributed by atoms with Crippen LogP contribution < -0.4 is 9.47 Å². The number of hydrogen-bond donors (Lipinski definition) is 1. The van der Waals surface area contributed by atoms with Crippen molar-refractivity contribution in [2.24, 2.45) is 0 Å². The summed E-state index contributed by atoms with van der Waals surface area (Å²) in [5, 5.41) is 9.73. The number of methoxy groups -OCH3 is 1. The lowest BCUT2D eigenvalue weighted by Gasteiger charge is -2.11. The molecular formula is C26H22FN3O2. The maximum Gasteiger partial charge on any atom is 0.161 e. The Balaban J connectivity index is 1.59. The molecule has 0 saturated carbocycles. The summed E-state index contributed by atoms with van der Waals surface area (Å²) in [6, 6.07) is 17.8. The molecular weight excluding hydrogens is 405 g/mol. The van der Waals surface area contributed by atoms with Crippen LogP contribution in [0.4, 0.5) is 4.39 Å². The summed E-state index contributed by atoms with van der Waals surface area (Å²) in [4.78, 5) is 7.82. The van der Waals surface area contributed by atoms with E-state index in [1.165, 1.54) is 12.1 Å². The van der Waals surface area contributed by atoms with E-state index in [9.17, 15) is 9.65 Å². The van der Waals surface area contributed by atoms with Crippen molar-refractivity contribution in [1.29, 1.82) is 5.26 Å². The fraction of sp³-hybridized carbons (Fsp3) is 0.154. The zero-order valence-corrected chi connectivity index (χ0v) is 18.1. The lowest BCUT2D eigenvalue weighted by molar-refractivity contribution is 0.284. The number of halogens is 1. The Hall–Kier alpha value is -4.11. The van der Waals surface area contributed by atoms with Crippen LogP contribution in [0.1, 0.15) is 28.1 Å². The number of rotatable bonds is 6. The predicted molar refractivity (Wildman–Crippen MR) is 123 cm³/mol. The molecule has 0 fully saturated rings. The van der Waals surface area contributed by atoms with E-state index in [1.807, 2.05) is 32.0 Å². The van der Waals surface area contributed by atoms with E-state index < -0.39 is 0 Å². The Morgan fingerprint density at radius 3 is 2.53 bits per heavy atom. The van der Waals surface area contributed by atoms with E-state index in [4.69, 9.17) is 9.47 Å². The van der Waals surface area contributed by atoms with Crippen LogP contribution in [0.3, 0.4) is 0 Å². The first-order valence-corrected chi connectivity index (χ1v) is 10.1. The van der Waals surface area contributed by atoms with Gasteiger partial charge in [-0.3, -0.25) is 0 Å². The zero-order chi connectivity index (χ0) is 22.7. The molecule has 1 aromatic heterocycles. The molecule has 1 N–H and O–H groups in total. The minimum Gasteiger partial charge on any atom is -0.493 e. The molecule has 4 rings (SSSR count). The highest BCUT2D eigenvalue weighted by molar-refractivity contribution is 5.90. The number of ether oxygens (including phenoxy) is 2. The first kappa shape index (κ1) is 21.1. The second-order valence-corrected chi connectivity index (χ2v) is 7.53. The number of aromatic nitrogens is 2. The number of hydrogen-bond acceptors (Lipinski definition) is 4. The minimum absolute atomic E-state index is 0.285. The summed E-state index contributed by atoms with van der Waals surface area (Å²) >= 11 is 0. The molecule has 0 aliphatic heterocycles. The van der Waals surface area contributed by atoms with Gasteiger partial charge in [0.25, 0.3) is 0 Å². The van der Waals surface area contributed by atoms with E-state index in [0.29, 0.717) is 22.9 Å². The first-order chi connectivity index (χ1) is 15.5. The van der Waals surface area contributed by atoms with Crippen molar-refractivity contribution in [1.82, 2.24) is 9.97 Å². The van der Waals surface area contributed by atoms with Gasteiger partial charge in [-0.1, -0.05) is 18.2 Å². The number of aromatic amines is 1. The van der Waals surface area contributed by atoms with Crippen LogP contribution in [0.25, 0.3) is 22.7 Å². The van der Waals surface area contributed by atoms with Crippen molar-refractivity contribution in [3.05, 3.63) is 88.5 Å². The molecule has 0 amide bonds. The molecule has 0 aliphatic rings. The van der Waals surface area contributed by atoms with Crippen LogP contribution >= 0.6 is 0 Å². The monoisotopic (exact) mass is 427 g/mol. The van der Waals surface area contributed by atoms with E-state index in [-0.39, 0.29) is 12.4 Å². The van der Waals surface area contributed by atoms with Crippen molar-refractivity contribution in [2.75, 3.05) is 7.11 Å². The fourth-order valence-electron chi connectivity index (χ4n) is 3.35. The van der Waals surface area contributed by atoms with Gasteiger partial charge in [0.05, 0.1) is 23.7 Å². The highest BCUT2D eigenvalue weighted by Crippen LogP contribution is 2.30. The van der Waals surface area contributed by atoms with Gasteiger partial charge in [0, 0.05) is 0 Å². The maximum atomic E-state index is 13.1. The van der Waals surface area contributed by atoms with Crippen molar-refractivity contribution in [3.63, 3.8) is 0 Å². The van der Waals surface area contributed by atoms with Gasteiger partial charge < -0.3 is 14.5 Å². The average Bonchev–Trinajstić information content (AvgIpc) is 3.20. The maximum absolute atomic E-state index is 13.1. The van der Waals surface area contributed by atoms with Crippen molar-refractivity contribution in [2.45, 2.75) is 20.5 Å². The number of nitrogens with zero attached hydrogens (tertiary/aromatic N) is 2. The Morgan fingerprint density at radius 1 is 1.06 bits per heavy atom. The SMILES string of the molecule is COc1cc(C=C(C#N)c2nc3cc(C)c(C)cc3[nH]2)ccc1OCc1ccc(F)cc1. The summed E-state index contributed by atoms with van der Waals surface area (Å²) in [6.45, 7) is 4.37. The van der Waals surface area contributed by atoms with Crippen LogP contribution in [0.15, 0.2) is 54.6 Å². The van der Waals surface area contributed by atoms with Crippen LogP contribution in [0.2, 0.25) is 0 Å². The van der Waals surface area contributed by atoms with Gasteiger partial charge in [0.15, 0.2) is 11.5 Å². The second-order valence-electron chi connectivity index (χ2n) is 7.53. The summed E-state index contributed by atoms with van der Waals surface area (Å²) < 4.78 is 24.4. The van der Waals surface area contributed by atoms with Gasteiger partial charge in [-0.2, -0.15) is 5.26 Å². The standard InChI is InChI=1S/C26H22FN3O2/c1-16-10-22-23(11-17(16)2)30-26(29-22)20(14-28)12-19-6-9-24(25(13-19)31-3)32-15-18-4-7-21(27)8-5-18/h4-13H,15H2,1-3H3,(H,29,30). The summed E-state index contributed by atoms with van der Waals surface area (Å²) in [5.74, 6) is 1.32. The summed E-state index contributed by atoms with van der Waals surface area (Å²) in [7, 11) is 1.56. The van der Waals surface area contributed by atoms with Gasteiger partial charge in [-0.25, -0.2) is 9.37 Å². The molecule has 0 unspecified atom stereocenters. The minimum atomic E-state index is -0.287. The second kappa shape index (κ2) is 8.94. The molecule has 6 heteroatoms. The smallest absolute Gasteiger partial charge is 0.161 e. The molecule has 5 nitrogen and oxygen atoms in total. The normalized spacial score (nSPS) is 11.4. The third kappa shape index (κ3) is 4.47. The molecule has 32 heavy (non-hydrogen) atoms. The largest absolute Gasteiger partial charge is 0.493 e. The molecule has 0 spiro atoms. The van der Waals surface area contributed by atoms with Gasteiger partial charge >= 0.3 is 0 Å². The first-order valence-electron chi connectivity index (χ1n) is 10.1.